The number of hydrogen-bond donors (Lipinski definition) is 1. The average molecular weight is 465 g/mol. The summed E-state index contributed by atoms with van der Waals surface area (Å²) in [6.45, 7) is 7.98. The van der Waals surface area contributed by atoms with Crippen LogP contribution < -0.4 is 10.2 Å². The van der Waals surface area contributed by atoms with Crippen LogP contribution in [0.5, 0.6) is 0 Å². The number of ether oxygens (including phenoxy) is 1. The molecule has 3 heterocycles. The Hall–Kier alpha value is -3.69. The molecule has 1 saturated heterocycles. The third-order valence-corrected chi connectivity index (χ3v) is 5.67. The van der Waals surface area contributed by atoms with E-state index in [1.165, 1.54) is 6.33 Å². The first-order valence-corrected chi connectivity index (χ1v) is 11.5. The first-order chi connectivity index (χ1) is 16.3. The molecule has 1 aliphatic heterocycles. The van der Waals surface area contributed by atoms with E-state index >= 15 is 0 Å². The van der Waals surface area contributed by atoms with Gasteiger partial charge < -0.3 is 19.9 Å². The molecule has 0 unspecified atom stereocenters. The smallest absolute Gasteiger partial charge is 0.410 e. The highest BCUT2D eigenvalue weighted by Gasteiger charge is 2.27. The Bertz CT molecular complexity index is 1070. The number of carbonyl (C=O) groups is 1. The number of amides is 1. The zero-order valence-electron chi connectivity index (χ0n) is 20.2. The monoisotopic (exact) mass is 464 g/mol. The number of benzene rings is 1. The van der Waals surface area contributed by atoms with Crippen LogP contribution in [0.2, 0.25) is 0 Å². The Morgan fingerprint density at radius 3 is 2.53 bits per heavy atom. The van der Waals surface area contributed by atoms with Crippen LogP contribution in [0.15, 0.2) is 49.3 Å². The van der Waals surface area contributed by atoms with E-state index in [2.05, 4.69) is 30.3 Å². The van der Waals surface area contributed by atoms with Gasteiger partial charge in [0.15, 0.2) is 0 Å². The molecule has 4 rings (SSSR count). The average Bonchev–Trinajstić information content (AvgIpc) is 3.34. The van der Waals surface area contributed by atoms with E-state index in [9.17, 15) is 4.79 Å². The summed E-state index contributed by atoms with van der Waals surface area (Å²) in [5, 5.41) is 7.47. The molecule has 1 aliphatic rings. The van der Waals surface area contributed by atoms with Gasteiger partial charge >= 0.3 is 6.09 Å². The molecule has 0 saturated carbocycles. The molecule has 180 valence electrons. The molecule has 10 heteroatoms. The van der Waals surface area contributed by atoms with Gasteiger partial charge in [0.1, 0.15) is 36.2 Å². The van der Waals surface area contributed by atoms with Crippen molar-refractivity contribution in [3.8, 4) is 5.69 Å². The van der Waals surface area contributed by atoms with Crippen LogP contribution in [0.3, 0.4) is 0 Å². The third-order valence-electron chi connectivity index (χ3n) is 5.67. The molecule has 1 aromatic carbocycles. The molecule has 0 aliphatic carbocycles. The van der Waals surface area contributed by atoms with Crippen molar-refractivity contribution in [1.29, 1.82) is 0 Å². The van der Waals surface area contributed by atoms with Crippen molar-refractivity contribution in [2.75, 3.05) is 36.9 Å². The van der Waals surface area contributed by atoms with E-state index in [0.717, 1.165) is 42.4 Å². The molecule has 10 nitrogen and oxygen atoms in total. The van der Waals surface area contributed by atoms with Crippen molar-refractivity contribution in [1.82, 2.24) is 29.6 Å². The molecule has 34 heavy (non-hydrogen) atoms. The summed E-state index contributed by atoms with van der Waals surface area (Å²) in [6, 6.07) is 9.83. The lowest BCUT2D eigenvalue weighted by molar-refractivity contribution is 0.0186. The molecule has 1 fully saturated rings. The zero-order valence-corrected chi connectivity index (χ0v) is 20.2. The third kappa shape index (κ3) is 6.21. The van der Waals surface area contributed by atoms with Gasteiger partial charge in [0.2, 0.25) is 0 Å². The Balaban J connectivity index is 1.30. The van der Waals surface area contributed by atoms with Gasteiger partial charge in [-0.25, -0.2) is 24.4 Å². The van der Waals surface area contributed by atoms with Crippen LogP contribution >= 0.6 is 0 Å². The SMILES string of the molecule is CN(CC1CCN(C(=O)OC(C)(C)C)CC1)c1cc(Nc2ccc(-n3cncn3)cc2)ncn1. The Labute approximate surface area is 200 Å². The fourth-order valence-electron chi connectivity index (χ4n) is 3.92. The van der Waals surface area contributed by atoms with Crippen LogP contribution in [0.4, 0.5) is 22.1 Å². The van der Waals surface area contributed by atoms with Gasteiger partial charge in [0.05, 0.1) is 5.69 Å². The Morgan fingerprint density at radius 1 is 1.15 bits per heavy atom. The standard InChI is InChI=1S/C24H32N8O2/c1-24(2,3)34-23(33)31-11-9-18(10-12-31)14-30(4)22-13-21(26-16-27-22)29-19-5-7-20(8-6-19)32-17-25-15-28-32/h5-8,13,15-18H,9-12,14H2,1-4H3,(H,26,27,29). The minimum atomic E-state index is -0.466. The van der Waals surface area contributed by atoms with Gasteiger partial charge in [0.25, 0.3) is 0 Å². The van der Waals surface area contributed by atoms with Crippen LogP contribution in [0.1, 0.15) is 33.6 Å². The van der Waals surface area contributed by atoms with Crippen molar-refractivity contribution in [3.05, 3.63) is 49.3 Å². The maximum atomic E-state index is 12.3. The molecule has 2 aromatic heterocycles. The molecule has 1 amide bonds. The highest BCUT2D eigenvalue weighted by molar-refractivity contribution is 5.68. The summed E-state index contributed by atoms with van der Waals surface area (Å²) in [7, 11) is 2.04. The van der Waals surface area contributed by atoms with Crippen LogP contribution in [-0.4, -0.2) is 68.0 Å². The predicted octanol–water partition coefficient (Wildman–Crippen LogP) is 3.88. The summed E-state index contributed by atoms with van der Waals surface area (Å²) in [6.07, 6.45) is 6.41. The second kappa shape index (κ2) is 10.1. The Kier molecular flexibility index (Phi) is 6.95. The van der Waals surface area contributed by atoms with Crippen LogP contribution in [0.25, 0.3) is 5.69 Å². The maximum Gasteiger partial charge on any atom is 0.410 e. The predicted molar refractivity (Wildman–Crippen MR) is 130 cm³/mol. The highest BCUT2D eigenvalue weighted by atomic mass is 16.6. The molecule has 3 aromatic rings. The molecule has 0 radical (unpaired) electrons. The lowest BCUT2D eigenvalue weighted by atomic mass is 9.96. The van der Waals surface area contributed by atoms with Crippen molar-refractivity contribution in [3.63, 3.8) is 0 Å². The topological polar surface area (TPSA) is 101 Å². The maximum absolute atomic E-state index is 12.3. The van der Waals surface area contributed by atoms with Gasteiger partial charge in [-0.3, -0.25) is 0 Å². The fourth-order valence-corrected chi connectivity index (χ4v) is 3.92. The van der Waals surface area contributed by atoms with Gasteiger partial charge in [-0.1, -0.05) is 0 Å². The molecule has 0 spiro atoms. The number of carbonyl (C=O) groups excluding carboxylic acids is 1. The van der Waals surface area contributed by atoms with Gasteiger partial charge in [-0.15, -0.1) is 0 Å². The second-order valence-corrected chi connectivity index (χ2v) is 9.56. The summed E-state index contributed by atoms with van der Waals surface area (Å²) in [5.74, 6) is 2.07. The normalized spacial score (nSPS) is 14.6. The lowest BCUT2D eigenvalue weighted by Gasteiger charge is -2.35. The summed E-state index contributed by atoms with van der Waals surface area (Å²) < 4.78 is 7.20. The van der Waals surface area contributed by atoms with Crippen molar-refractivity contribution in [2.24, 2.45) is 5.92 Å². The van der Waals surface area contributed by atoms with E-state index in [4.69, 9.17) is 4.74 Å². The first kappa shape index (κ1) is 23.5. The van der Waals surface area contributed by atoms with E-state index in [-0.39, 0.29) is 6.09 Å². The summed E-state index contributed by atoms with van der Waals surface area (Å²) >= 11 is 0. The first-order valence-electron chi connectivity index (χ1n) is 11.5. The number of likely N-dealkylation sites (tertiary alicyclic amines) is 1. The van der Waals surface area contributed by atoms with Crippen molar-refractivity contribution < 1.29 is 9.53 Å². The van der Waals surface area contributed by atoms with Crippen molar-refractivity contribution in [2.45, 2.75) is 39.2 Å². The molecule has 0 bridgehead atoms. The molecule has 1 N–H and O–H groups in total. The molecule has 0 atom stereocenters. The minimum Gasteiger partial charge on any atom is -0.444 e. The van der Waals surface area contributed by atoms with E-state index in [0.29, 0.717) is 19.0 Å². The molecular weight excluding hydrogens is 432 g/mol. The van der Waals surface area contributed by atoms with E-state index < -0.39 is 5.60 Å². The number of rotatable bonds is 6. The molecular formula is C24H32N8O2. The summed E-state index contributed by atoms with van der Waals surface area (Å²) in [5.41, 5.74) is 1.39. The lowest BCUT2D eigenvalue weighted by Crippen LogP contribution is -2.43. The number of piperidine rings is 1. The van der Waals surface area contributed by atoms with Crippen LogP contribution in [-0.2, 0) is 4.74 Å². The number of hydrogen-bond acceptors (Lipinski definition) is 8. The van der Waals surface area contributed by atoms with Gasteiger partial charge in [0, 0.05) is 38.4 Å². The quantitative estimate of drug-likeness (QED) is 0.586. The minimum absolute atomic E-state index is 0.222. The van der Waals surface area contributed by atoms with E-state index in [1.54, 1.807) is 17.3 Å². The number of nitrogens with zero attached hydrogens (tertiary/aromatic N) is 7. The fraction of sp³-hybridized carbons (Fsp3) is 0.458. The van der Waals surface area contributed by atoms with Crippen molar-refractivity contribution >= 4 is 23.4 Å². The Morgan fingerprint density at radius 2 is 1.88 bits per heavy atom. The van der Waals surface area contributed by atoms with E-state index in [1.807, 2.05) is 63.1 Å². The number of aromatic nitrogens is 5. The second-order valence-electron chi connectivity index (χ2n) is 9.56. The summed E-state index contributed by atoms with van der Waals surface area (Å²) in [4.78, 5) is 29.0. The number of nitrogens with one attached hydrogen (secondary N) is 1. The highest BCUT2D eigenvalue weighted by Crippen LogP contribution is 2.24. The van der Waals surface area contributed by atoms with Crippen LogP contribution in [0, 0.1) is 5.92 Å². The number of anilines is 3. The van der Waals surface area contributed by atoms with Gasteiger partial charge in [-0.2, -0.15) is 5.10 Å². The zero-order chi connectivity index (χ0) is 24.1. The van der Waals surface area contributed by atoms with Gasteiger partial charge in [-0.05, 0) is 63.8 Å². The largest absolute Gasteiger partial charge is 0.444 e.